The van der Waals surface area contributed by atoms with Gasteiger partial charge in [-0.05, 0) is 39.5 Å². The Labute approximate surface area is 136 Å². The molecular formula is C17H24N4O2. The summed E-state index contributed by atoms with van der Waals surface area (Å²) >= 11 is 0. The number of nitrogens with zero attached hydrogens (tertiary/aromatic N) is 4. The largest absolute Gasteiger partial charge is 0.389 e. The first kappa shape index (κ1) is 14.7. The van der Waals surface area contributed by atoms with Crippen LogP contribution >= 0.6 is 0 Å². The normalized spacial score (nSPS) is 31.1. The number of hydrogen-bond donors (Lipinski definition) is 0. The summed E-state index contributed by atoms with van der Waals surface area (Å²) in [5, 5.41) is 4.28. The van der Waals surface area contributed by atoms with E-state index in [1.807, 2.05) is 15.7 Å². The molecule has 1 amide bonds. The highest BCUT2D eigenvalue weighted by Gasteiger charge is 2.60. The summed E-state index contributed by atoms with van der Waals surface area (Å²) in [7, 11) is 0. The molecule has 124 valence electrons. The van der Waals surface area contributed by atoms with E-state index in [9.17, 15) is 4.79 Å². The number of piperidine rings is 1. The standard InChI is InChI=1S/C17H24N4O2/c1-10(2)21-8-14(18-9-21)16(22)20-6-11-12(7-20)15(11)13-5-17(3,4)23-19-13/h8-12,15H,5-7H2,1-4H3/t11-,12-/m1/s1. The molecule has 0 N–H and O–H groups in total. The number of carbonyl (C=O) groups excluding carboxylic acids is 1. The fraction of sp³-hybridized carbons (Fsp3) is 0.706. The van der Waals surface area contributed by atoms with Gasteiger partial charge in [-0.15, -0.1) is 0 Å². The van der Waals surface area contributed by atoms with E-state index in [1.165, 1.54) is 5.71 Å². The molecule has 6 heteroatoms. The number of aromatic nitrogens is 2. The minimum Gasteiger partial charge on any atom is -0.389 e. The molecule has 3 aliphatic rings. The molecule has 2 atom stereocenters. The smallest absolute Gasteiger partial charge is 0.274 e. The minimum absolute atomic E-state index is 0.0558. The minimum atomic E-state index is -0.161. The van der Waals surface area contributed by atoms with Gasteiger partial charge in [0.05, 0.1) is 12.0 Å². The van der Waals surface area contributed by atoms with Crippen molar-refractivity contribution in [3.05, 3.63) is 18.2 Å². The maximum Gasteiger partial charge on any atom is 0.274 e. The van der Waals surface area contributed by atoms with Crippen LogP contribution in [0.2, 0.25) is 0 Å². The third-order valence-electron chi connectivity index (χ3n) is 5.30. The van der Waals surface area contributed by atoms with Crippen molar-refractivity contribution in [2.24, 2.45) is 22.9 Å². The molecule has 1 aromatic rings. The number of amides is 1. The van der Waals surface area contributed by atoms with E-state index in [0.29, 0.717) is 29.5 Å². The van der Waals surface area contributed by atoms with Gasteiger partial charge in [-0.1, -0.05) is 5.16 Å². The number of hydrogen-bond acceptors (Lipinski definition) is 4. The first-order valence-corrected chi connectivity index (χ1v) is 8.43. The van der Waals surface area contributed by atoms with E-state index in [0.717, 1.165) is 19.5 Å². The highest BCUT2D eigenvalue weighted by molar-refractivity contribution is 5.94. The molecule has 1 aliphatic carbocycles. The van der Waals surface area contributed by atoms with Gasteiger partial charge in [0, 0.05) is 37.7 Å². The molecule has 2 fully saturated rings. The predicted octanol–water partition coefficient (Wildman–Crippen LogP) is 2.34. The fourth-order valence-corrected chi connectivity index (χ4v) is 3.94. The zero-order chi connectivity index (χ0) is 16.4. The Hall–Kier alpha value is -1.85. The lowest BCUT2D eigenvalue weighted by atomic mass is 9.98. The lowest BCUT2D eigenvalue weighted by molar-refractivity contribution is 0.0123. The second-order valence-corrected chi connectivity index (χ2v) is 7.97. The van der Waals surface area contributed by atoms with Gasteiger partial charge in [0.25, 0.3) is 5.91 Å². The van der Waals surface area contributed by atoms with Gasteiger partial charge in [-0.3, -0.25) is 4.79 Å². The topological polar surface area (TPSA) is 59.7 Å². The predicted molar refractivity (Wildman–Crippen MR) is 86.2 cm³/mol. The maximum atomic E-state index is 12.6. The number of rotatable bonds is 3. The van der Waals surface area contributed by atoms with Crippen molar-refractivity contribution in [2.75, 3.05) is 13.1 Å². The molecule has 0 spiro atoms. The molecule has 1 aromatic heterocycles. The first-order chi connectivity index (χ1) is 10.9. The van der Waals surface area contributed by atoms with Crippen LogP contribution in [0.15, 0.2) is 17.7 Å². The molecular weight excluding hydrogens is 292 g/mol. The number of fused-ring (bicyclic) bond motifs is 1. The average Bonchev–Trinajstić information content (AvgIpc) is 2.96. The van der Waals surface area contributed by atoms with Gasteiger partial charge in [0.2, 0.25) is 0 Å². The summed E-state index contributed by atoms with van der Waals surface area (Å²) < 4.78 is 1.97. The van der Waals surface area contributed by atoms with E-state index in [-0.39, 0.29) is 11.5 Å². The number of oxime groups is 1. The van der Waals surface area contributed by atoms with Crippen LogP contribution < -0.4 is 0 Å². The average molecular weight is 316 g/mol. The van der Waals surface area contributed by atoms with Crippen molar-refractivity contribution >= 4 is 11.6 Å². The zero-order valence-corrected chi connectivity index (χ0v) is 14.2. The molecule has 1 saturated carbocycles. The third kappa shape index (κ3) is 2.44. The Balaban J connectivity index is 1.37. The molecule has 3 heterocycles. The molecule has 0 bridgehead atoms. The van der Waals surface area contributed by atoms with E-state index in [1.54, 1.807) is 6.33 Å². The summed E-state index contributed by atoms with van der Waals surface area (Å²) in [6, 6.07) is 0.323. The molecule has 1 saturated heterocycles. The molecule has 0 unspecified atom stereocenters. The summed E-state index contributed by atoms with van der Waals surface area (Å²) in [4.78, 5) is 24.3. The van der Waals surface area contributed by atoms with Crippen molar-refractivity contribution in [1.29, 1.82) is 0 Å². The molecule has 4 rings (SSSR count). The van der Waals surface area contributed by atoms with Crippen LogP contribution in [0.3, 0.4) is 0 Å². The first-order valence-electron chi connectivity index (χ1n) is 8.43. The second kappa shape index (κ2) is 4.82. The maximum absolute atomic E-state index is 12.6. The summed E-state index contributed by atoms with van der Waals surface area (Å²) in [5.41, 5.74) is 1.59. The fourth-order valence-electron chi connectivity index (χ4n) is 3.94. The van der Waals surface area contributed by atoms with Gasteiger partial charge in [0.1, 0.15) is 11.3 Å². The van der Waals surface area contributed by atoms with Crippen molar-refractivity contribution < 1.29 is 9.63 Å². The molecule has 23 heavy (non-hydrogen) atoms. The summed E-state index contributed by atoms with van der Waals surface area (Å²) in [6.07, 6.45) is 4.51. The van der Waals surface area contributed by atoms with Crippen molar-refractivity contribution in [3.63, 3.8) is 0 Å². The van der Waals surface area contributed by atoms with Crippen LogP contribution in [0.25, 0.3) is 0 Å². The van der Waals surface area contributed by atoms with Crippen molar-refractivity contribution in [3.8, 4) is 0 Å². The Morgan fingerprint density at radius 1 is 1.35 bits per heavy atom. The SMILES string of the molecule is CC(C)n1cnc(C(=O)N2C[C@H]3C(C4=NOC(C)(C)C4)[C@@H]3C2)c1. The third-order valence-corrected chi connectivity index (χ3v) is 5.30. The molecule has 0 radical (unpaired) electrons. The Morgan fingerprint density at radius 2 is 2.04 bits per heavy atom. The Bertz CT molecular complexity index is 664. The number of likely N-dealkylation sites (tertiary alicyclic amines) is 1. The van der Waals surface area contributed by atoms with Gasteiger partial charge >= 0.3 is 0 Å². The van der Waals surface area contributed by atoms with Crippen LogP contribution in [0.5, 0.6) is 0 Å². The number of imidazole rings is 1. The van der Waals surface area contributed by atoms with Crippen LogP contribution in [-0.4, -0.2) is 44.8 Å². The van der Waals surface area contributed by atoms with Crippen LogP contribution in [0.4, 0.5) is 0 Å². The molecule has 0 aromatic carbocycles. The highest BCUT2D eigenvalue weighted by Crippen LogP contribution is 2.54. The van der Waals surface area contributed by atoms with Crippen LogP contribution in [0.1, 0.15) is 50.6 Å². The Kier molecular flexibility index (Phi) is 3.09. The van der Waals surface area contributed by atoms with Gasteiger partial charge in [0.15, 0.2) is 0 Å². The lowest BCUT2D eigenvalue weighted by Gasteiger charge is -2.19. The lowest BCUT2D eigenvalue weighted by Crippen LogP contribution is -2.33. The second-order valence-electron chi connectivity index (χ2n) is 7.97. The highest BCUT2D eigenvalue weighted by atomic mass is 16.7. The van der Waals surface area contributed by atoms with Gasteiger partial charge < -0.3 is 14.3 Å². The zero-order valence-electron chi connectivity index (χ0n) is 14.2. The molecule has 2 aliphatic heterocycles. The van der Waals surface area contributed by atoms with Crippen LogP contribution in [0, 0.1) is 17.8 Å². The van der Waals surface area contributed by atoms with Crippen LogP contribution in [-0.2, 0) is 4.84 Å². The monoisotopic (exact) mass is 316 g/mol. The van der Waals surface area contributed by atoms with Crippen molar-refractivity contribution in [2.45, 2.75) is 45.8 Å². The quantitative estimate of drug-likeness (QED) is 0.860. The van der Waals surface area contributed by atoms with E-state index in [4.69, 9.17) is 4.84 Å². The van der Waals surface area contributed by atoms with Gasteiger partial charge in [-0.2, -0.15) is 0 Å². The number of carbonyl (C=O) groups is 1. The summed E-state index contributed by atoms with van der Waals surface area (Å²) in [6.45, 7) is 9.95. The van der Waals surface area contributed by atoms with Crippen molar-refractivity contribution in [1.82, 2.24) is 14.5 Å². The van der Waals surface area contributed by atoms with Gasteiger partial charge in [-0.25, -0.2) is 4.98 Å². The summed E-state index contributed by atoms with van der Waals surface area (Å²) in [5.74, 6) is 1.69. The van der Waals surface area contributed by atoms with E-state index < -0.39 is 0 Å². The Morgan fingerprint density at radius 3 is 2.57 bits per heavy atom. The van der Waals surface area contributed by atoms with E-state index in [2.05, 4.69) is 37.8 Å². The van der Waals surface area contributed by atoms with E-state index >= 15 is 0 Å². The molecule has 6 nitrogen and oxygen atoms in total.